The summed E-state index contributed by atoms with van der Waals surface area (Å²) in [5.41, 5.74) is 5.37. The number of amides is 1. The highest BCUT2D eigenvalue weighted by molar-refractivity contribution is 5.92. The van der Waals surface area contributed by atoms with Gasteiger partial charge in [0.05, 0.1) is 0 Å². The molecule has 1 rings (SSSR count). The van der Waals surface area contributed by atoms with E-state index in [1.807, 2.05) is 0 Å². The molecular formula is C7H6NO-. The summed E-state index contributed by atoms with van der Waals surface area (Å²) in [6, 6.07) is 9.50. The molecule has 2 N–H and O–H groups in total. The van der Waals surface area contributed by atoms with Crippen molar-refractivity contribution < 1.29 is 4.79 Å². The Balaban J connectivity index is 2.98. The van der Waals surface area contributed by atoms with E-state index in [1.165, 1.54) is 0 Å². The summed E-state index contributed by atoms with van der Waals surface area (Å²) in [7, 11) is 0. The molecule has 0 bridgehead atoms. The van der Waals surface area contributed by atoms with E-state index < -0.39 is 5.91 Å². The van der Waals surface area contributed by atoms with Crippen molar-refractivity contribution in [3.63, 3.8) is 0 Å². The van der Waals surface area contributed by atoms with E-state index in [4.69, 9.17) is 5.73 Å². The largest absolute Gasteiger partial charge is 0.404 e. The summed E-state index contributed by atoms with van der Waals surface area (Å²) in [4.78, 5) is 10.4. The van der Waals surface area contributed by atoms with Crippen LogP contribution in [0, 0.1) is 6.07 Å². The molecule has 0 saturated heterocycles. The second kappa shape index (κ2) is 2.31. The molecule has 0 atom stereocenters. The van der Waals surface area contributed by atoms with Gasteiger partial charge in [0.1, 0.15) is 0 Å². The fraction of sp³-hybridized carbons (Fsp3) is 0. The number of nitrogens with two attached hydrogens (primary N) is 1. The van der Waals surface area contributed by atoms with Crippen molar-refractivity contribution in [2.24, 2.45) is 5.73 Å². The Hall–Kier alpha value is -1.31. The van der Waals surface area contributed by atoms with Gasteiger partial charge in [-0.25, -0.2) is 0 Å². The topological polar surface area (TPSA) is 43.1 Å². The van der Waals surface area contributed by atoms with Gasteiger partial charge >= 0.3 is 0 Å². The quantitative estimate of drug-likeness (QED) is 0.541. The molecule has 9 heavy (non-hydrogen) atoms. The van der Waals surface area contributed by atoms with Gasteiger partial charge < -0.3 is 10.5 Å². The minimum atomic E-state index is -0.435. The molecule has 2 heteroatoms. The summed E-state index contributed by atoms with van der Waals surface area (Å²) in [5.74, 6) is -0.435. The Kier molecular flexibility index (Phi) is 1.49. The van der Waals surface area contributed by atoms with Crippen LogP contribution in [-0.2, 0) is 0 Å². The number of rotatable bonds is 1. The van der Waals surface area contributed by atoms with E-state index in [0.717, 1.165) is 0 Å². The Labute approximate surface area is 53.3 Å². The first-order chi connectivity index (χ1) is 4.30. The molecule has 1 aromatic rings. The zero-order chi connectivity index (χ0) is 6.69. The zero-order valence-electron chi connectivity index (χ0n) is 4.79. The lowest BCUT2D eigenvalue weighted by Gasteiger charge is -1.98. The van der Waals surface area contributed by atoms with Gasteiger partial charge in [0, 0.05) is 0 Å². The van der Waals surface area contributed by atoms with Gasteiger partial charge in [-0.15, -0.1) is 30.3 Å². The molecule has 1 aromatic carbocycles. The Bertz CT molecular complexity index is 205. The van der Waals surface area contributed by atoms with Gasteiger partial charge in [0.25, 0.3) is 0 Å². The van der Waals surface area contributed by atoms with Gasteiger partial charge in [-0.3, -0.25) is 0 Å². The fourth-order valence-corrected chi connectivity index (χ4v) is 0.547. The number of hydrogen-bond acceptors (Lipinski definition) is 1. The number of benzene rings is 1. The number of carbonyl (C=O) groups is 1. The Morgan fingerprint density at radius 3 is 2.67 bits per heavy atom. The van der Waals surface area contributed by atoms with E-state index in [0.29, 0.717) is 5.56 Å². The van der Waals surface area contributed by atoms with E-state index >= 15 is 0 Å². The average molecular weight is 120 g/mol. The van der Waals surface area contributed by atoms with Crippen molar-refractivity contribution in [1.82, 2.24) is 0 Å². The van der Waals surface area contributed by atoms with Crippen LogP contribution < -0.4 is 5.73 Å². The molecule has 0 aliphatic carbocycles. The molecular weight excluding hydrogens is 114 g/mol. The Morgan fingerprint density at radius 1 is 1.56 bits per heavy atom. The first-order valence-corrected chi connectivity index (χ1v) is 2.57. The first-order valence-electron chi connectivity index (χ1n) is 2.57. The fourth-order valence-electron chi connectivity index (χ4n) is 0.547. The summed E-state index contributed by atoms with van der Waals surface area (Å²) in [5, 5.41) is 0. The highest BCUT2D eigenvalue weighted by Crippen LogP contribution is 1.93. The average Bonchev–Trinajstić information content (AvgIpc) is 1.90. The minimum Gasteiger partial charge on any atom is -0.404 e. The number of carbonyl (C=O) groups excluding carboxylic acids is 1. The maximum absolute atomic E-state index is 10.4. The maximum Gasteiger partial charge on any atom is 0.162 e. The van der Waals surface area contributed by atoms with Crippen molar-refractivity contribution in [2.45, 2.75) is 0 Å². The molecule has 0 fully saturated rings. The van der Waals surface area contributed by atoms with Gasteiger partial charge in [-0.05, 0) is 0 Å². The van der Waals surface area contributed by atoms with Crippen LogP contribution in [0.4, 0.5) is 0 Å². The van der Waals surface area contributed by atoms with Gasteiger partial charge in [-0.1, -0.05) is 5.56 Å². The molecule has 2 nitrogen and oxygen atoms in total. The van der Waals surface area contributed by atoms with Crippen molar-refractivity contribution in [1.29, 1.82) is 0 Å². The van der Waals surface area contributed by atoms with Crippen LogP contribution in [0.3, 0.4) is 0 Å². The van der Waals surface area contributed by atoms with Crippen molar-refractivity contribution in [2.75, 3.05) is 0 Å². The predicted molar refractivity (Wildman–Crippen MR) is 33.8 cm³/mol. The third-order valence-electron chi connectivity index (χ3n) is 0.975. The first kappa shape index (κ1) is 5.82. The predicted octanol–water partition coefficient (Wildman–Crippen LogP) is 0.586. The van der Waals surface area contributed by atoms with E-state index in [2.05, 4.69) is 6.07 Å². The molecule has 1 amide bonds. The lowest BCUT2D eigenvalue weighted by molar-refractivity contribution is 0.1000. The summed E-state index contributed by atoms with van der Waals surface area (Å²) < 4.78 is 0. The van der Waals surface area contributed by atoms with Crippen LogP contribution in [0.25, 0.3) is 0 Å². The lowest BCUT2D eigenvalue weighted by atomic mass is 10.2. The maximum atomic E-state index is 10.4. The molecule has 0 saturated carbocycles. The number of primary amides is 1. The van der Waals surface area contributed by atoms with Crippen LogP contribution in [0.2, 0.25) is 0 Å². The van der Waals surface area contributed by atoms with Gasteiger partial charge in [0.2, 0.25) is 0 Å². The highest BCUT2D eigenvalue weighted by atomic mass is 16.1. The van der Waals surface area contributed by atoms with Crippen LogP contribution in [0.1, 0.15) is 10.4 Å². The van der Waals surface area contributed by atoms with E-state index in [1.54, 1.807) is 24.3 Å². The third-order valence-corrected chi connectivity index (χ3v) is 0.975. The molecule has 0 aliphatic heterocycles. The van der Waals surface area contributed by atoms with Crippen LogP contribution in [-0.4, -0.2) is 5.91 Å². The van der Waals surface area contributed by atoms with Gasteiger partial charge in [-0.2, -0.15) is 0 Å². The summed E-state index contributed by atoms with van der Waals surface area (Å²) in [6.07, 6.45) is 0. The summed E-state index contributed by atoms with van der Waals surface area (Å²) in [6.45, 7) is 0. The van der Waals surface area contributed by atoms with Crippen molar-refractivity contribution in [3.8, 4) is 0 Å². The zero-order valence-corrected chi connectivity index (χ0v) is 4.79. The summed E-state index contributed by atoms with van der Waals surface area (Å²) >= 11 is 0. The highest BCUT2D eigenvalue weighted by Gasteiger charge is 1.84. The standard InChI is InChI=1S/C7H6NO/c8-7(9)6-4-2-1-3-5-6/h1-4H,(H2,8,9)/q-1. The molecule has 0 spiro atoms. The second-order valence-corrected chi connectivity index (χ2v) is 1.64. The SMILES string of the molecule is NC(=O)c1[c-]cccc1. The van der Waals surface area contributed by atoms with Crippen LogP contribution >= 0.6 is 0 Å². The lowest BCUT2D eigenvalue weighted by Crippen LogP contribution is -2.10. The van der Waals surface area contributed by atoms with Crippen molar-refractivity contribution >= 4 is 5.91 Å². The van der Waals surface area contributed by atoms with Crippen molar-refractivity contribution in [3.05, 3.63) is 35.9 Å². The monoisotopic (exact) mass is 120 g/mol. The molecule has 0 aromatic heterocycles. The van der Waals surface area contributed by atoms with E-state index in [-0.39, 0.29) is 0 Å². The minimum absolute atomic E-state index is 0.428. The second-order valence-electron chi connectivity index (χ2n) is 1.64. The number of hydrogen-bond donors (Lipinski definition) is 1. The molecule has 0 heterocycles. The van der Waals surface area contributed by atoms with Gasteiger partial charge in [0.15, 0.2) is 5.91 Å². The van der Waals surface area contributed by atoms with Crippen LogP contribution in [0.5, 0.6) is 0 Å². The Morgan fingerprint density at radius 2 is 2.33 bits per heavy atom. The smallest absolute Gasteiger partial charge is 0.162 e. The third kappa shape index (κ3) is 1.29. The molecule has 0 radical (unpaired) electrons. The molecule has 0 unspecified atom stereocenters. The van der Waals surface area contributed by atoms with Crippen LogP contribution in [0.15, 0.2) is 24.3 Å². The normalized spacial score (nSPS) is 8.89. The molecule has 46 valence electrons. The molecule has 0 aliphatic rings. The van der Waals surface area contributed by atoms with E-state index in [9.17, 15) is 4.79 Å².